The predicted octanol–water partition coefficient (Wildman–Crippen LogP) is 7.76. The molecule has 50 heavy (non-hydrogen) atoms. The lowest BCUT2D eigenvalue weighted by Gasteiger charge is -2.71. The van der Waals surface area contributed by atoms with E-state index in [-0.39, 0.29) is 42.3 Å². The monoisotopic (exact) mass is 679 g/mol. The molecule has 7 nitrogen and oxygen atoms in total. The van der Waals surface area contributed by atoms with Crippen LogP contribution in [0.2, 0.25) is 0 Å². The second-order valence-corrected chi connectivity index (χ2v) is 16.8. The highest BCUT2D eigenvalue weighted by Crippen LogP contribution is 2.78. The van der Waals surface area contributed by atoms with Crippen LogP contribution in [0.4, 0.5) is 4.79 Å². The summed E-state index contributed by atoms with van der Waals surface area (Å²) in [6.07, 6.45) is 13.2. The summed E-state index contributed by atoms with van der Waals surface area (Å²) >= 11 is 0. The van der Waals surface area contributed by atoms with Gasteiger partial charge in [0.05, 0.1) is 37.5 Å². The van der Waals surface area contributed by atoms with Crippen molar-refractivity contribution in [3.05, 3.63) is 84.0 Å². The number of aliphatic hydroxyl groups excluding tert-OH is 1. The highest BCUT2D eigenvalue weighted by atomic mass is 16.6. The van der Waals surface area contributed by atoms with E-state index in [0.29, 0.717) is 31.6 Å². The average molecular weight is 680 g/mol. The number of amides is 1. The zero-order chi connectivity index (χ0) is 34.9. The van der Waals surface area contributed by atoms with Crippen molar-refractivity contribution in [2.24, 2.45) is 33.5 Å². The first-order valence-electron chi connectivity index (χ1n) is 19.1. The number of hydrogen-bond donors (Lipinski definition) is 2. The zero-order valence-electron chi connectivity index (χ0n) is 29.9. The fourth-order valence-corrected chi connectivity index (χ4v) is 12.0. The summed E-state index contributed by atoms with van der Waals surface area (Å²) in [6, 6.07) is 18.2. The van der Waals surface area contributed by atoms with Crippen molar-refractivity contribution >= 4 is 11.9 Å². The summed E-state index contributed by atoms with van der Waals surface area (Å²) in [5, 5.41) is 23.9. The van der Waals surface area contributed by atoms with Gasteiger partial charge in [0.25, 0.3) is 0 Å². The van der Waals surface area contributed by atoms with Crippen molar-refractivity contribution in [1.29, 1.82) is 0 Å². The summed E-state index contributed by atoms with van der Waals surface area (Å²) in [6.45, 7) is 7.99. The molecule has 2 aromatic rings. The van der Waals surface area contributed by atoms with Gasteiger partial charge in [-0.15, -0.1) is 0 Å². The number of ketones is 1. The molecule has 2 spiro atoms. The normalized spacial score (nSPS) is 39.7. The van der Waals surface area contributed by atoms with Crippen LogP contribution in [-0.4, -0.2) is 71.1 Å². The second-order valence-electron chi connectivity index (χ2n) is 16.8. The van der Waals surface area contributed by atoms with Crippen molar-refractivity contribution in [2.75, 3.05) is 26.3 Å². The lowest BCUT2D eigenvalue weighted by atomic mass is 9.32. The number of carbonyl (C=O) groups is 2. The molecule has 7 heteroatoms. The number of allylic oxidation sites excluding steroid dienone is 4. The number of rotatable bonds is 8. The third-order valence-electron chi connectivity index (χ3n) is 14.6. The van der Waals surface area contributed by atoms with Gasteiger partial charge in [0.1, 0.15) is 0 Å². The first-order valence-corrected chi connectivity index (χ1v) is 19.1. The third kappa shape index (κ3) is 4.86. The highest BCUT2D eigenvalue weighted by molar-refractivity contribution is 6.10. The summed E-state index contributed by atoms with van der Waals surface area (Å²) in [7, 11) is 0. The maximum absolute atomic E-state index is 15.0. The number of Topliss-reactive ketones (excluding diaryl/α,β-unsaturated/α-hetero) is 1. The lowest BCUT2D eigenvalue weighted by Crippen LogP contribution is -2.67. The molecule has 2 aromatic carbocycles. The molecule has 1 saturated heterocycles. The van der Waals surface area contributed by atoms with Gasteiger partial charge < -0.3 is 24.6 Å². The molecule has 4 fully saturated rings. The van der Waals surface area contributed by atoms with E-state index in [2.05, 4.69) is 44.2 Å². The molecule has 1 amide bonds. The Labute approximate surface area is 296 Å². The van der Waals surface area contributed by atoms with Gasteiger partial charge in [-0.05, 0) is 93.1 Å². The van der Waals surface area contributed by atoms with Gasteiger partial charge in [0, 0.05) is 34.0 Å². The number of fused-ring (bicyclic) bond motifs is 1. The molecule has 1 aliphatic heterocycles. The SMILES string of the molecule is CCOC(=O)N(C[C@H]1CCCO1)C[C@]1(O)CC[C@H]2[C@]34C=C[C@@]5(C=C3C(=O)c3ccc(-c6ccccc6)cc3)CC(O)CC[C@]5(C)[C@H]4CC[C@@]21C. The Hall–Kier alpha value is -3.26. The van der Waals surface area contributed by atoms with Gasteiger partial charge in [-0.25, -0.2) is 4.79 Å². The van der Waals surface area contributed by atoms with Gasteiger partial charge in [-0.3, -0.25) is 4.79 Å². The molecule has 7 aliphatic rings. The predicted molar refractivity (Wildman–Crippen MR) is 192 cm³/mol. The number of carbonyl (C=O) groups excluding carboxylic acids is 2. The molecule has 0 aromatic heterocycles. The molecular formula is C43H53NO6. The van der Waals surface area contributed by atoms with E-state index in [0.717, 1.165) is 61.6 Å². The summed E-state index contributed by atoms with van der Waals surface area (Å²) in [4.78, 5) is 30.1. The van der Waals surface area contributed by atoms with Crippen LogP contribution in [0.1, 0.15) is 88.9 Å². The fourth-order valence-electron chi connectivity index (χ4n) is 12.0. The van der Waals surface area contributed by atoms with Crippen LogP contribution in [0.15, 0.2) is 78.4 Å². The van der Waals surface area contributed by atoms with E-state index in [1.165, 1.54) is 0 Å². The molecule has 1 unspecified atom stereocenters. The van der Waals surface area contributed by atoms with Crippen molar-refractivity contribution in [1.82, 2.24) is 4.90 Å². The maximum atomic E-state index is 15.0. The van der Waals surface area contributed by atoms with Gasteiger partial charge in [-0.1, -0.05) is 86.7 Å². The van der Waals surface area contributed by atoms with E-state index < -0.39 is 34.0 Å². The molecule has 2 N–H and O–H groups in total. The topological polar surface area (TPSA) is 96.3 Å². The minimum atomic E-state index is -1.16. The van der Waals surface area contributed by atoms with Gasteiger partial charge in [0.15, 0.2) is 5.78 Å². The number of nitrogens with zero attached hydrogens (tertiary/aromatic N) is 1. The number of aliphatic hydroxyl groups is 2. The first kappa shape index (κ1) is 33.9. The standard InChI is InChI=1S/C43H53NO6/c1-4-49-38(47)44(27-33-11-8-24-50-33)28-42(48)21-18-36-40(42,3)20-17-35-39(2)19-16-32(45)25-41(39)22-23-43(35,36)34(26-41)37(46)31-14-12-30(13-15-31)29-9-6-5-7-10-29/h5-7,9-10,12-15,22-23,26,32-33,35-36,45,48H,4,8,11,16-21,24-25,27-28H2,1-3H3/t32?,33-,35-,36-,39-,40+,41+,42-,43-/m1/s1. The third-order valence-corrected chi connectivity index (χ3v) is 14.6. The van der Waals surface area contributed by atoms with Crippen LogP contribution >= 0.6 is 0 Å². The molecule has 266 valence electrons. The average Bonchev–Trinajstić information content (AvgIpc) is 3.73. The minimum absolute atomic E-state index is 0.00235. The molecule has 9 atom stereocenters. The minimum Gasteiger partial charge on any atom is -0.450 e. The Morgan fingerprint density at radius 2 is 1.60 bits per heavy atom. The number of hydrogen-bond acceptors (Lipinski definition) is 6. The summed E-state index contributed by atoms with van der Waals surface area (Å²) in [5.74, 6) is 0.253. The lowest BCUT2D eigenvalue weighted by molar-refractivity contribution is -0.175. The highest BCUT2D eigenvalue weighted by Gasteiger charge is 2.74. The van der Waals surface area contributed by atoms with E-state index in [9.17, 15) is 15.0 Å². The van der Waals surface area contributed by atoms with E-state index in [4.69, 9.17) is 9.47 Å². The fraction of sp³-hybridized carbons (Fsp3) is 0.581. The van der Waals surface area contributed by atoms with Crippen LogP contribution in [-0.2, 0) is 9.47 Å². The van der Waals surface area contributed by atoms with Crippen LogP contribution < -0.4 is 0 Å². The van der Waals surface area contributed by atoms with Crippen molar-refractivity contribution in [3.63, 3.8) is 0 Å². The molecule has 9 rings (SSSR count). The Morgan fingerprint density at radius 1 is 0.900 bits per heavy atom. The van der Waals surface area contributed by atoms with Crippen molar-refractivity contribution < 1.29 is 29.3 Å². The Morgan fingerprint density at radius 3 is 2.32 bits per heavy atom. The molecule has 3 saturated carbocycles. The Balaban J connectivity index is 1.19. The van der Waals surface area contributed by atoms with Gasteiger partial charge in [0.2, 0.25) is 0 Å². The maximum Gasteiger partial charge on any atom is 0.409 e. The van der Waals surface area contributed by atoms with E-state index >= 15 is 4.79 Å². The quantitative estimate of drug-likeness (QED) is 0.219. The molecular weight excluding hydrogens is 626 g/mol. The zero-order valence-corrected chi connectivity index (χ0v) is 29.9. The van der Waals surface area contributed by atoms with Gasteiger partial charge >= 0.3 is 6.09 Å². The van der Waals surface area contributed by atoms with Crippen LogP contribution in [0.5, 0.6) is 0 Å². The summed E-state index contributed by atoms with van der Waals surface area (Å²) in [5.41, 5.74) is 0.923. The van der Waals surface area contributed by atoms with Crippen LogP contribution in [0.25, 0.3) is 11.1 Å². The van der Waals surface area contributed by atoms with E-state index in [1.54, 1.807) is 4.90 Å². The molecule has 6 aliphatic carbocycles. The second kappa shape index (κ2) is 12.2. The molecule has 1 heterocycles. The number of benzene rings is 2. The van der Waals surface area contributed by atoms with E-state index in [1.807, 2.05) is 49.4 Å². The number of ether oxygens (including phenoxy) is 2. The van der Waals surface area contributed by atoms with Crippen LogP contribution in [0, 0.1) is 33.5 Å². The van der Waals surface area contributed by atoms with Crippen molar-refractivity contribution in [2.45, 2.75) is 96.4 Å². The molecule has 0 radical (unpaired) electrons. The molecule has 2 bridgehead atoms. The van der Waals surface area contributed by atoms with Crippen molar-refractivity contribution in [3.8, 4) is 11.1 Å². The largest absolute Gasteiger partial charge is 0.450 e. The smallest absolute Gasteiger partial charge is 0.409 e. The Bertz CT molecular complexity index is 1700. The Kier molecular flexibility index (Phi) is 8.24. The van der Waals surface area contributed by atoms with Crippen LogP contribution in [0.3, 0.4) is 0 Å². The first-order chi connectivity index (χ1) is 24.0. The van der Waals surface area contributed by atoms with Gasteiger partial charge in [-0.2, -0.15) is 0 Å². The summed E-state index contributed by atoms with van der Waals surface area (Å²) < 4.78 is 11.5.